The highest BCUT2D eigenvalue weighted by Crippen LogP contribution is 2.30. The van der Waals surface area contributed by atoms with Crippen LogP contribution in [0.3, 0.4) is 0 Å². The Hall–Kier alpha value is -2.26. The molecule has 0 radical (unpaired) electrons. The number of thiazole rings is 1. The molecule has 0 aliphatic carbocycles. The molecular formula is C18H16ClN3O3S2. The summed E-state index contributed by atoms with van der Waals surface area (Å²) in [6.45, 7) is -0.00813. The number of nitrogens with one attached hydrogen (secondary N) is 2. The van der Waals surface area contributed by atoms with Crippen LogP contribution in [-0.2, 0) is 14.8 Å². The summed E-state index contributed by atoms with van der Waals surface area (Å²) >= 11 is 7.42. The molecule has 3 aromatic rings. The third kappa shape index (κ3) is 5.14. The normalized spacial score (nSPS) is 11.3. The van der Waals surface area contributed by atoms with Gasteiger partial charge in [-0.2, -0.15) is 0 Å². The summed E-state index contributed by atoms with van der Waals surface area (Å²) in [5.41, 5.74) is 1.46. The highest BCUT2D eigenvalue weighted by Gasteiger charge is 2.14. The number of carbonyl (C=O) groups excluding carboxylic acids is 1. The second-order valence-electron chi connectivity index (χ2n) is 5.53. The van der Waals surface area contributed by atoms with E-state index < -0.39 is 10.0 Å². The lowest BCUT2D eigenvalue weighted by Gasteiger charge is -2.06. The van der Waals surface area contributed by atoms with Crippen molar-refractivity contribution in [2.75, 3.05) is 11.9 Å². The van der Waals surface area contributed by atoms with Crippen LogP contribution in [0.25, 0.3) is 11.3 Å². The summed E-state index contributed by atoms with van der Waals surface area (Å²) in [5.74, 6) is -0.328. The van der Waals surface area contributed by atoms with E-state index in [0.717, 1.165) is 5.56 Å². The summed E-state index contributed by atoms with van der Waals surface area (Å²) in [6, 6.07) is 15.3. The van der Waals surface area contributed by atoms with E-state index >= 15 is 0 Å². The van der Waals surface area contributed by atoms with Crippen molar-refractivity contribution in [1.82, 2.24) is 9.71 Å². The molecule has 1 heterocycles. The van der Waals surface area contributed by atoms with Gasteiger partial charge in [0, 0.05) is 28.9 Å². The van der Waals surface area contributed by atoms with Gasteiger partial charge in [-0.25, -0.2) is 18.1 Å². The molecule has 0 unspecified atom stereocenters. The van der Waals surface area contributed by atoms with Crippen molar-refractivity contribution >= 4 is 44.0 Å². The van der Waals surface area contributed by atoms with Crippen molar-refractivity contribution in [2.45, 2.75) is 11.3 Å². The Morgan fingerprint density at radius 1 is 1.07 bits per heavy atom. The molecule has 0 aliphatic rings. The van der Waals surface area contributed by atoms with E-state index in [2.05, 4.69) is 15.0 Å². The van der Waals surface area contributed by atoms with E-state index in [4.69, 9.17) is 11.6 Å². The molecule has 1 aromatic heterocycles. The second-order valence-corrected chi connectivity index (χ2v) is 8.56. The smallest absolute Gasteiger partial charge is 0.240 e. The number of anilines is 1. The first kappa shape index (κ1) is 19.5. The largest absolute Gasteiger partial charge is 0.302 e. The van der Waals surface area contributed by atoms with Crippen LogP contribution in [-0.4, -0.2) is 25.9 Å². The van der Waals surface area contributed by atoms with Gasteiger partial charge in [0.05, 0.1) is 10.6 Å². The zero-order valence-electron chi connectivity index (χ0n) is 14.1. The second kappa shape index (κ2) is 8.62. The van der Waals surface area contributed by atoms with E-state index in [9.17, 15) is 13.2 Å². The van der Waals surface area contributed by atoms with Gasteiger partial charge in [0.2, 0.25) is 15.9 Å². The maximum atomic E-state index is 12.1. The Kier molecular flexibility index (Phi) is 6.22. The van der Waals surface area contributed by atoms with Crippen LogP contribution in [0.4, 0.5) is 5.13 Å². The molecule has 3 rings (SSSR count). The van der Waals surface area contributed by atoms with Gasteiger partial charge in [-0.3, -0.25) is 4.79 Å². The molecule has 9 heteroatoms. The van der Waals surface area contributed by atoms with Crippen LogP contribution in [0.5, 0.6) is 0 Å². The Labute approximate surface area is 166 Å². The van der Waals surface area contributed by atoms with Crippen LogP contribution in [0.2, 0.25) is 5.02 Å². The fraction of sp³-hybridized carbons (Fsp3) is 0.111. The van der Waals surface area contributed by atoms with Crippen molar-refractivity contribution in [3.8, 4) is 11.3 Å². The fourth-order valence-corrected chi connectivity index (χ4v) is 4.30. The van der Waals surface area contributed by atoms with Crippen molar-refractivity contribution in [3.05, 3.63) is 65.0 Å². The standard InChI is InChI=1S/C18H16ClN3O3S2/c19-15-9-5-4-8-14(15)16-12-26-18(21-16)22-17(23)10-11-20-27(24,25)13-6-2-1-3-7-13/h1-9,12,20H,10-11H2,(H,21,22,23). The molecule has 6 nitrogen and oxygen atoms in total. The fourth-order valence-electron chi connectivity index (χ4n) is 2.29. The van der Waals surface area contributed by atoms with Crippen LogP contribution < -0.4 is 10.0 Å². The van der Waals surface area contributed by atoms with Crippen LogP contribution in [0.15, 0.2) is 64.9 Å². The minimum Gasteiger partial charge on any atom is -0.302 e. The lowest BCUT2D eigenvalue weighted by Crippen LogP contribution is -2.27. The molecule has 2 aromatic carbocycles. The van der Waals surface area contributed by atoms with Crippen LogP contribution in [0.1, 0.15) is 6.42 Å². The van der Waals surface area contributed by atoms with Gasteiger partial charge in [0.25, 0.3) is 0 Å². The Morgan fingerprint density at radius 2 is 1.78 bits per heavy atom. The number of carbonyl (C=O) groups is 1. The SMILES string of the molecule is O=C(CCNS(=O)(=O)c1ccccc1)Nc1nc(-c2ccccc2Cl)cs1. The van der Waals surface area contributed by atoms with Gasteiger partial charge in [-0.05, 0) is 18.2 Å². The molecule has 2 N–H and O–H groups in total. The predicted molar refractivity (Wildman–Crippen MR) is 107 cm³/mol. The predicted octanol–water partition coefficient (Wildman–Crippen LogP) is 3.77. The Morgan fingerprint density at radius 3 is 2.52 bits per heavy atom. The third-order valence-electron chi connectivity index (χ3n) is 3.60. The average Bonchev–Trinajstić information content (AvgIpc) is 3.11. The van der Waals surface area contributed by atoms with E-state index in [1.807, 2.05) is 18.2 Å². The maximum Gasteiger partial charge on any atom is 0.240 e. The molecule has 1 amide bonds. The number of rotatable bonds is 7. The minimum atomic E-state index is -3.62. The number of hydrogen-bond acceptors (Lipinski definition) is 5. The number of nitrogens with zero attached hydrogens (tertiary/aromatic N) is 1. The zero-order chi connectivity index (χ0) is 19.3. The number of sulfonamides is 1. The van der Waals surface area contributed by atoms with E-state index in [1.165, 1.54) is 23.5 Å². The summed E-state index contributed by atoms with van der Waals surface area (Å²) in [5, 5.41) is 5.48. The van der Waals surface area contributed by atoms with E-state index in [0.29, 0.717) is 15.8 Å². The number of hydrogen-bond donors (Lipinski definition) is 2. The van der Waals surface area contributed by atoms with Gasteiger partial charge < -0.3 is 5.32 Å². The molecule has 0 saturated carbocycles. The first-order chi connectivity index (χ1) is 13.0. The summed E-state index contributed by atoms with van der Waals surface area (Å²) in [6.07, 6.45) is -0.00687. The van der Waals surface area contributed by atoms with Gasteiger partial charge in [0.15, 0.2) is 5.13 Å². The lowest BCUT2D eigenvalue weighted by atomic mass is 10.2. The lowest BCUT2D eigenvalue weighted by molar-refractivity contribution is -0.116. The van der Waals surface area contributed by atoms with Crippen molar-refractivity contribution in [3.63, 3.8) is 0 Å². The molecule has 0 aliphatic heterocycles. The molecule has 0 fully saturated rings. The maximum absolute atomic E-state index is 12.1. The number of amides is 1. The van der Waals surface area contributed by atoms with Crippen molar-refractivity contribution < 1.29 is 13.2 Å². The monoisotopic (exact) mass is 421 g/mol. The molecule has 0 spiro atoms. The summed E-state index contributed by atoms with van der Waals surface area (Å²) in [7, 11) is -3.62. The number of halogens is 1. The molecule has 0 atom stereocenters. The van der Waals surface area contributed by atoms with Gasteiger partial charge >= 0.3 is 0 Å². The number of aromatic nitrogens is 1. The van der Waals surface area contributed by atoms with Gasteiger partial charge in [-0.15, -0.1) is 11.3 Å². The van der Waals surface area contributed by atoms with E-state index in [-0.39, 0.29) is 23.8 Å². The highest BCUT2D eigenvalue weighted by atomic mass is 35.5. The molecule has 0 saturated heterocycles. The van der Waals surface area contributed by atoms with Gasteiger partial charge in [-0.1, -0.05) is 48.0 Å². The first-order valence-electron chi connectivity index (χ1n) is 8.01. The minimum absolute atomic E-state index is 0.00687. The van der Waals surface area contributed by atoms with Crippen molar-refractivity contribution in [1.29, 1.82) is 0 Å². The third-order valence-corrected chi connectivity index (χ3v) is 6.16. The molecule has 140 valence electrons. The Balaban J connectivity index is 1.54. The molecule has 27 heavy (non-hydrogen) atoms. The summed E-state index contributed by atoms with van der Waals surface area (Å²) < 4.78 is 26.6. The zero-order valence-corrected chi connectivity index (χ0v) is 16.4. The average molecular weight is 422 g/mol. The van der Waals surface area contributed by atoms with Gasteiger partial charge in [0.1, 0.15) is 0 Å². The van der Waals surface area contributed by atoms with Crippen LogP contribution in [0, 0.1) is 0 Å². The van der Waals surface area contributed by atoms with Crippen molar-refractivity contribution in [2.24, 2.45) is 0 Å². The quantitative estimate of drug-likeness (QED) is 0.607. The molecule has 0 bridgehead atoms. The topological polar surface area (TPSA) is 88.2 Å². The molecular weight excluding hydrogens is 406 g/mol. The highest BCUT2D eigenvalue weighted by molar-refractivity contribution is 7.89. The van der Waals surface area contributed by atoms with E-state index in [1.54, 1.807) is 29.6 Å². The summed E-state index contributed by atoms with van der Waals surface area (Å²) in [4.78, 5) is 16.6. The van der Waals surface area contributed by atoms with Crippen LogP contribution >= 0.6 is 22.9 Å². The Bertz CT molecular complexity index is 1040. The number of benzene rings is 2. The first-order valence-corrected chi connectivity index (χ1v) is 10.7.